The average molecular weight is 710 g/mol. The molecule has 0 aliphatic carbocycles. The quantitative estimate of drug-likeness (QED) is 0.0494. The van der Waals surface area contributed by atoms with Crippen LogP contribution < -0.4 is 10.6 Å². The standard InChI is InChI=1S/C47H83P2/c1-4-7-10-13-22-33-42-49(43-34-23-14-11-8-5-2,44-35-24-15-12-9-6-3)45-36-25-20-18-16-17-19-21-32-41-48(46-37-28-26-29-38-46)47-39-30-27-31-40-47/h26-31,37-40H,4-25,32-36,41-45H2,1-3H3/q+1. The van der Waals surface area contributed by atoms with Crippen molar-refractivity contribution in [3.8, 4) is 0 Å². The van der Waals surface area contributed by atoms with Crippen molar-refractivity contribution < 1.29 is 0 Å². The molecule has 0 nitrogen and oxygen atoms in total. The van der Waals surface area contributed by atoms with Crippen LogP contribution >= 0.6 is 15.2 Å². The van der Waals surface area contributed by atoms with Gasteiger partial charge in [0.15, 0.2) is 0 Å². The molecule has 0 saturated heterocycles. The Kier molecular flexibility index (Phi) is 29.0. The van der Waals surface area contributed by atoms with E-state index >= 15 is 0 Å². The van der Waals surface area contributed by atoms with Crippen LogP contribution in [-0.2, 0) is 0 Å². The van der Waals surface area contributed by atoms with Crippen LogP contribution in [0.1, 0.15) is 194 Å². The van der Waals surface area contributed by atoms with Gasteiger partial charge in [0.1, 0.15) is 0 Å². The molecule has 2 rings (SSSR count). The lowest BCUT2D eigenvalue weighted by Crippen LogP contribution is -2.13. The number of rotatable bonds is 35. The van der Waals surface area contributed by atoms with Gasteiger partial charge in [-0.3, -0.25) is 0 Å². The second kappa shape index (κ2) is 32.0. The minimum Gasteiger partial charge on any atom is -0.0654 e. The predicted molar refractivity (Wildman–Crippen MR) is 232 cm³/mol. The van der Waals surface area contributed by atoms with Crippen LogP contribution in [0.3, 0.4) is 0 Å². The molecule has 0 spiro atoms. The molecule has 2 heteroatoms. The minimum atomic E-state index is -0.788. The zero-order valence-corrected chi connectivity index (χ0v) is 35.1. The van der Waals surface area contributed by atoms with Gasteiger partial charge in [-0.05, 0) is 82.5 Å². The van der Waals surface area contributed by atoms with Crippen LogP contribution in [0.15, 0.2) is 60.7 Å². The summed E-state index contributed by atoms with van der Waals surface area (Å²) in [6, 6.07) is 22.6. The summed E-state index contributed by atoms with van der Waals surface area (Å²) < 4.78 is 0. The number of unbranched alkanes of at least 4 members (excludes halogenated alkanes) is 23. The zero-order chi connectivity index (χ0) is 34.9. The van der Waals surface area contributed by atoms with Gasteiger partial charge < -0.3 is 0 Å². The third kappa shape index (κ3) is 22.8. The van der Waals surface area contributed by atoms with Crippen molar-refractivity contribution in [2.45, 2.75) is 194 Å². The first-order valence-electron chi connectivity index (χ1n) is 22.0. The molecule has 0 unspecified atom stereocenters. The third-order valence-corrected chi connectivity index (χ3v) is 18.8. The summed E-state index contributed by atoms with van der Waals surface area (Å²) in [5, 5.41) is 3.09. The van der Waals surface area contributed by atoms with Crippen molar-refractivity contribution in [3.05, 3.63) is 60.7 Å². The summed E-state index contributed by atoms with van der Waals surface area (Å²) in [4.78, 5) is 0. The van der Waals surface area contributed by atoms with Gasteiger partial charge in [0.05, 0.1) is 24.6 Å². The summed E-state index contributed by atoms with van der Waals surface area (Å²) in [5.74, 6) is 0. The van der Waals surface area contributed by atoms with Crippen LogP contribution in [0.25, 0.3) is 0 Å². The minimum absolute atomic E-state index is 0.217. The summed E-state index contributed by atoms with van der Waals surface area (Å²) in [6.45, 7) is 7.06. The molecular formula is C47H83P2+. The summed E-state index contributed by atoms with van der Waals surface area (Å²) >= 11 is 0. The fraction of sp³-hybridized carbons (Fsp3) is 0.745. The predicted octanol–water partition coefficient (Wildman–Crippen LogP) is 15.7. The van der Waals surface area contributed by atoms with Gasteiger partial charge in [0, 0.05) is 7.26 Å². The lowest BCUT2D eigenvalue weighted by molar-refractivity contribution is 0.572. The Balaban J connectivity index is 1.74. The molecule has 0 aromatic heterocycles. The lowest BCUT2D eigenvalue weighted by atomic mass is 10.1. The largest absolute Gasteiger partial charge is 0.0654 e. The topological polar surface area (TPSA) is 0 Å². The molecule has 0 saturated carbocycles. The molecule has 0 heterocycles. The second-order valence-electron chi connectivity index (χ2n) is 15.5. The van der Waals surface area contributed by atoms with E-state index < -0.39 is 7.26 Å². The highest BCUT2D eigenvalue weighted by Gasteiger charge is 2.35. The van der Waals surface area contributed by atoms with Gasteiger partial charge in [0.25, 0.3) is 0 Å². The molecular weight excluding hydrogens is 626 g/mol. The van der Waals surface area contributed by atoms with Gasteiger partial charge in [-0.1, -0.05) is 197 Å². The molecule has 280 valence electrons. The molecule has 0 amide bonds. The van der Waals surface area contributed by atoms with Gasteiger partial charge in [-0.25, -0.2) is 0 Å². The van der Waals surface area contributed by atoms with Gasteiger partial charge in [0.2, 0.25) is 0 Å². The summed E-state index contributed by atoms with van der Waals surface area (Å²) in [5.41, 5.74) is 0. The van der Waals surface area contributed by atoms with Crippen LogP contribution in [0, 0.1) is 0 Å². The SMILES string of the molecule is CCCCCCCC[P+](CCCCCCCC)(CCCCCCCC)CCCCCCCCCCCP(c1ccccc1)c1ccccc1. The monoisotopic (exact) mass is 710 g/mol. The van der Waals surface area contributed by atoms with Crippen LogP contribution in [-0.4, -0.2) is 30.8 Å². The Morgan fingerprint density at radius 2 is 0.592 bits per heavy atom. The molecule has 0 bridgehead atoms. The van der Waals surface area contributed by atoms with E-state index in [1.54, 1.807) is 54.5 Å². The highest BCUT2D eigenvalue weighted by atomic mass is 31.2. The van der Waals surface area contributed by atoms with Crippen LogP contribution in [0.4, 0.5) is 0 Å². The van der Waals surface area contributed by atoms with Crippen molar-refractivity contribution in [2.75, 3.05) is 30.8 Å². The smallest absolute Gasteiger partial charge is 0.0594 e. The molecule has 0 atom stereocenters. The Bertz CT molecular complexity index is 861. The van der Waals surface area contributed by atoms with Crippen molar-refractivity contribution >= 4 is 25.8 Å². The number of benzene rings is 2. The summed E-state index contributed by atoms with van der Waals surface area (Å²) in [7, 11) is -1.01. The van der Waals surface area contributed by atoms with Gasteiger partial charge in [-0.2, -0.15) is 0 Å². The van der Waals surface area contributed by atoms with Crippen LogP contribution in [0.5, 0.6) is 0 Å². The van der Waals surface area contributed by atoms with E-state index in [9.17, 15) is 0 Å². The van der Waals surface area contributed by atoms with E-state index in [1.165, 1.54) is 160 Å². The maximum absolute atomic E-state index is 2.35. The molecule has 49 heavy (non-hydrogen) atoms. The number of hydrogen-bond acceptors (Lipinski definition) is 0. The first kappa shape index (κ1) is 44.5. The highest BCUT2D eigenvalue weighted by Crippen LogP contribution is 2.61. The summed E-state index contributed by atoms with van der Waals surface area (Å²) in [6.07, 6.45) is 47.5. The normalized spacial score (nSPS) is 11.9. The van der Waals surface area contributed by atoms with Crippen molar-refractivity contribution in [1.29, 1.82) is 0 Å². The van der Waals surface area contributed by atoms with E-state index in [0.717, 1.165) is 0 Å². The number of hydrogen-bond donors (Lipinski definition) is 0. The van der Waals surface area contributed by atoms with E-state index in [-0.39, 0.29) is 7.92 Å². The maximum Gasteiger partial charge on any atom is 0.0594 e. The van der Waals surface area contributed by atoms with Gasteiger partial charge in [-0.15, -0.1) is 0 Å². The Morgan fingerprint density at radius 3 is 0.898 bits per heavy atom. The fourth-order valence-corrected chi connectivity index (χ4v) is 15.3. The molecule has 0 radical (unpaired) electrons. The fourth-order valence-electron chi connectivity index (χ4n) is 7.93. The van der Waals surface area contributed by atoms with Crippen molar-refractivity contribution in [3.63, 3.8) is 0 Å². The first-order chi connectivity index (χ1) is 24.2. The molecule has 0 aliphatic heterocycles. The van der Waals surface area contributed by atoms with Gasteiger partial charge >= 0.3 is 0 Å². The average Bonchev–Trinajstić information content (AvgIpc) is 3.14. The maximum atomic E-state index is 2.35. The first-order valence-corrected chi connectivity index (χ1v) is 26.0. The lowest BCUT2D eigenvalue weighted by Gasteiger charge is -2.28. The molecule has 2 aromatic rings. The Morgan fingerprint density at radius 1 is 0.327 bits per heavy atom. The van der Waals surface area contributed by atoms with Crippen molar-refractivity contribution in [2.24, 2.45) is 0 Å². The second-order valence-corrected chi connectivity index (χ2v) is 22.4. The van der Waals surface area contributed by atoms with E-state index in [1.807, 2.05) is 0 Å². The zero-order valence-electron chi connectivity index (χ0n) is 33.3. The molecule has 2 aromatic carbocycles. The van der Waals surface area contributed by atoms with Crippen LogP contribution in [0.2, 0.25) is 0 Å². The van der Waals surface area contributed by atoms with E-state index in [0.29, 0.717) is 0 Å². The molecule has 0 aliphatic rings. The highest BCUT2D eigenvalue weighted by molar-refractivity contribution is 7.75. The third-order valence-electron chi connectivity index (χ3n) is 11.1. The molecule has 0 fully saturated rings. The van der Waals surface area contributed by atoms with E-state index in [2.05, 4.69) is 81.4 Å². The van der Waals surface area contributed by atoms with E-state index in [4.69, 9.17) is 0 Å². The van der Waals surface area contributed by atoms with Crippen molar-refractivity contribution in [1.82, 2.24) is 0 Å². The Labute approximate surface area is 310 Å². The molecule has 0 N–H and O–H groups in total. The Hall–Kier alpha value is -0.700.